The van der Waals surface area contributed by atoms with Crippen LogP contribution in [0.1, 0.15) is 11.1 Å². The number of halogens is 3. The van der Waals surface area contributed by atoms with Gasteiger partial charge in [0.25, 0.3) is 0 Å². The van der Waals surface area contributed by atoms with E-state index in [0.29, 0.717) is 5.56 Å². The maximum atomic E-state index is 12.3. The summed E-state index contributed by atoms with van der Waals surface area (Å²) in [6.07, 6.45) is -5.79. The number of hydrogen-bond donors (Lipinski definition) is 2. The van der Waals surface area contributed by atoms with E-state index in [1.54, 1.807) is 0 Å². The number of ether oxygens (including phenoxy) is 1. The average molecular weight is 264 g/mol. The van der Waals surface area contributed by atoms with Crippen LogP contribution in [0.4, 0.5) is 13.2 Å². The number of aliphatic carboxylic acids is 1. The van der Waals surface area contributed by atoms with Crippen LogP contribution in [0, 0.1) is 0 Å². The molecule has 0 radical (unpaired) electrons. The van der Waals surface area contributed by atoms with E-state index >= 15 is 0 Å². The lowest BCUT2D eigenvalue weighted by Gasteiger charge is -2.11. The van der Waals surface area contributed by atoms with Crippen LogP contribution < -0.4 is 0 Å². The van der Waals surface area contributed by atoms with E-state index in [1.165, 1.54) is 12.1 Å². The second-order valence-corrected chi connectivity index (χ2v) is 3.52. The van der Waals surface area contributed by atoms with Crippen LogP contribution in [-0.4, -0.2) is 28.9 Å². The van der Waals surface area contributed by atoms with Crippen molar-refractivity contribution in [2.45, 2.75) is 18.9 Å². The van der Waals surface area contributed by atoms with Gasteiger partial charge in [-0.1, -0.05) is 12.1 Å². The minimum absolute atomic E-state index is 0.185. The van der Waals surface area contributed by atoms with E-state index in [2.05, 4.69) is 0 Å². The Kier molecular flexibility index (Phi) is 4.69. The zero-order valence-corrected chi connectivity index (χ0v) is 9.15. The molecule has 0 aliphatic rings. The first-order valence-corrected chi connectivity index (χ1v) is 4.96. The van der Waals surface area contributed by atoms with Gasteiger partial charge in [-0.25, -0.2) is 4.79 Å². The molecule has 0 saturated heterocycles. The molecule has 2 N–H and O–H groups in total. The second-order valence-electron chi connectivity index (χ2n) is 3.52. The molecule has 1 unspecified atom stereocenters. The molecule has 0 bridgehead atoms. The predicted octanol–water partition coefficient (Wildman–Crippen LogP) is 1.67. The summed E-state index contributed by atoms with van der Waals surface area (Å²) in [6, 6.07) is 4.15. The summed E-state index contributed by atoms with van der Waals surface area (Å²) in [5.74, 6) is -1.33. The standard InChI is InChI=1S/C11H11F3O4/c12-11(13,14)8-3-1-7(2-4-8)6-18-9(5-15)10(16)17/h1-4,9,15H,5-6H2,(H,16,17). The number of rotatable bonds is 5. The Morgan fingerprint density at radius 2 is 1.83 bits per heavy atom. The molecule has 4 nitrogen and oxygen atoms in total. The van der Waals surface area contributed by atoms with Crippen LogP contribution in [0.2, 0.25) is 0 Å². The summed E-state index contributed by atoms with van der Waals surface area (Å²) in [5, 5.41) is 17.2. The topological polar surface area (TPSA) is 66.8 Å². The summed E-state index contributed by atoms with van der Waals surface area (Å²) in [6.45, 7) is -0.883. The van der Waals surface area contributed by atoms with Gasteiger partial charge in [-0.2, -0.15) is 13.2 Å². The van der Waals surface area contributed by atoms with Gasteiger partial charge in [-0.3, -0.25) is 0 Å². The van der Waals surface area contributed by atoms with Gasteiger partial charge in [-0.15, -0.1) is 0 Å². The molecule has 0 spiro atoms. The molecule has 0 heterocycles. The summed E-state index contributed by atoms with van der Waals surface area (Å²) in [7, 11) is 0. The van der Waals surface area contributed by atoms with Gasteiger partial charge in [0, 0.05) is 0 Å². The van der Waals surface area contributed by atoms with E-state index < -0.39 is 30.4 Å². The van der Waals surface area contributed by atoms with Crippen LogP contribution in [0.5, 0.6) is 0 Å². The van der Waals surface area contributed by atoms with Gasteiger partial charge in [0.15, 0.2) is 6.10 Å². The van der Waals surface area contributed by atoms with Crippen molar-refractivity contribution in [1.82, 2.24) is 0 Å². The average Bonchev–Trinajstić information content (AvgIpc) is 2.29. The molecular formula is C11H11F3O4. The van der Waals surface area contributed by atoms with Crippen molar-refractivity contribution in [2.75, 3.05) is 6.61 Å². The van der Waals surface area contributed by atoms with E-state index in [4.69, 9.17) is 14.9 Å². The van der Waals surface area contributed by atoms with Gasteiger partial charge in [0.05, 0.1) is 18.8 Å². The Morgan fingerprint density at radius 1 is 1.28 bits per heavy atom. The Morgan fingerprint density at radius 3 is 2.22 bits per heavy atom. The molecule has 0 amide bonds. The maximum Gasteiger partial charge on any atom is 0.416 e. The highest BCUT2D eigenvalue weighted by atomic mass is 19.4. The Labute approximate surface area is 101 Å². The Balaban J connectivity index is 2.62. The van der Waals surface area contributed by atoms with E-state index in [0.717, 1.165) is 12.1 Å². The third-order valence-corrected chi connectivity index (χ3v) is 2.17. The van der Waals surface area contributed by atoms with Crippen LogP contribution in [0.25, 0.3) is 0 Å². The molecule has 7 heteroatoms. The number of aliphatic hydroxyl groups excluding tert-OH is 1. The maximum absolute atomic E-state index is 12.3. The molecule has 1 aromatic rings. The zero-order valence-electron chi connectivity index (χ0n) is 9.15. The van der Waals surface area contributed by atoms with Crippen LogP contribution >= 0.6 is 0 Å². The number of carbonyl (C=O) groups is 1. The van der Waals surface area contributed by atoms with Crippen molar-refractivity contribution in [1.29, 1.82) is 0 Å². The summed E-state index contributed by atoms with van der Waals surface area (Å²) >= 11 is 0. The SMILES string of the molecule is O=C(O)C(CO)OCc1ccc(C(F)(F)F)cc1. The monoisotopic (exact) mass is 264 g/mol. The number of hydrogen-bond acceptors (Lipinski definition) is 3. The lowest BCUT2D eigenvalue weighted by molar-refractivity contribution is -0.153. The van der Waals surface area contributed by atoms with Crippen LogP contribution in [0.15, 0.2) is 24.3 Å². The predicted molar refractivity (Wildman–Crippen MR) is 54.7 cm³/mol. The Bertz CT molecular complexity index is 400. The third-order valence-electron chi connectivity index (χ3n) is 2.17. The summed E-state index contributed by atoms with van der Waals surface area (Å²) < 4.78 is 41.6. The first-order chi connectivity index (χ1) is 8.34. The number of aliphatic hydroxyl groups is 1. The minimum atomic E-state index is -4.41. The second kappa shape index (κ2) is 5.83. The van der Waals surface area contributed by atoms with Gasteiger partial charge < -0.3 is 14.9 Å². The van der Waals surface area contributed by atoms with Crippen molar-refractivity contribution >= 4 is 5.97 Å². The third kappa shape index (κ3) is 4.01. The highest BCUT2D eigenvalue weighted by molar-refractivity contribution is 5.72. The molecule has 0 fully saturated rings. The lowest BCUT2D eigenvalue weighted by Crippen LogP contribution is -2.27. The number of benzene rings is 1. The van der Waals surface area contributed by atoms with Crippen molar-refractivity contribution in [3.8, 4) is 0 Å². The first-order valence-electron chi connectivity index (χ1n) is 4.96. The van der Waals surface area contributed by atoms with Gasteiger partial charge in [0.1, 0.15) is 0 Å². The van der Waals surface area contributed by atoms with Gasteiger partial charge in [0.2, 0.25) is 0 Å². The van der Waals surface area contributed by atoms with E-state index in [9.17, 15) is 18.0 Å². The first kappa shape index (κ1) is 14.5. The van der Waals surface area contributed by atoms with Crippen LogP contribution in [0.3, 0.4) is 0 Å². The molecule has 0 aromatic heterocycles. The molecule has 0 aliphatic carbocycles. The van der Waals surface area contributed by atoms with E-state index in [-0.39, 0.29) is 6.61 Å². The molecule has 0 saturated carbocycles. The molecule has 1 rings (SSSR count). The fourth-order valence-electron chi connectivity index (χ4n) is 1.19. The van der Waals surface area contributed by atoms with Crippen LogP contribution in [-0.2, 0) is 22.3 Å². The van der Waals surface area contributed by atoms with Crippen molar-refractivity contribution in [3.63, 3.8) is 0 Å². The van der Waals surface area contributed by atoms with Crippen molar-refractivity contribution in [3.05, 3.63) is 35.4 Å². The number of carboxylic acids is 1. The van der Waals surface area contributed by atoms with Gasteiger partial charge in [-0.05, 0) is 17.7 Å². The zero-order chi connectivity index (χ0) is 13.8. The number of carboxylic acid groups (broad SMARTS) is 1. The fourth-order valence-corrected chi connectivity index (χ4v) is 1.19. The molecule has 18 heavy (non-hydrogen) atoms. The van der Waals surface area contributed by atoms with Gasteiger partial charge >= 0.3 is 12.1 Å². The highest BCUT2D eigenvalue weighted by Gasteiger charge is 2.29. The largest absolute Gasteiger partial charge is 0.479 e. The molecular weight excluding hydrogens is 253 g/mol. The van der Waals surface area contributed by atoms with Crippen molar-refractivity contribution in [2.24, 2.45) is 0 Å². The quantitative estimate of drug-likeness (QED) is 0.848. The van der Waals surface area contributed by atoms with Crippen molar-refractivity contribution < 1.29 is 32.9 Å². The normalized spacial score (nSPS) is 13.3. The number of alkyl halides is 3. The smallest absolute Gasteiger partial charge is 0.416 e. The summed E-state index contributed by atoms with van der Waals surface area (Å²) in [5.41, 5.74) is -0.397. The minimum Gasteiger partial charge on any atom is -0.479 e. The summed E-state index contributed by atoms with van der Waals surface area (Å²) in [4.78, 5) is 10.5. The molecule has 100 valence electrons. The molecule has 1 aromatic carbocycles. The molecule has 1 atom stereocenters. The Hall–Kier alpha value is -1.60. The highest BCUT2D eigenvalue weighted by Crippen LogP contribution is 2.29. The lowest BCUT2D eigenvalue weighted by atomic mass is 10.1. The molecule has 0 aliphatic heterocycles. The fraction of sp³-hybridized carbons (Fsp3) is 0.364. The van der Waals surface area contributed by atoms with E-state index in [1.807, 2.05) is 0 Å².